The number of sulfonamides is 1. The van der Waals surface area contributed by atoms with E-state index < -0.39 is 49.6 Å². The van der Waals surface area contributed by atoms with Gasteiger partial charge in [0, 0.05) is 6.07 Å². The van der Waals surface area contributed by atoms with Gasteiger partial charge in [0.2, 0.25) is 10.0 Å². The highest BCUT2D eigenvalue weighted by Crippen LogP contribution is 2.32. The van der Waals surface area contributed by atoms with E-state index >= 15 is 0 Å². The number of hydrogen-bond donors (Lipinski definition) is 2. The normalized spacial score (nSPS) is 11.9. The van der Waals surface area contributed by atoms with E-state index in [-0.39, 0.29) is 18.0 Å². The van der Waals surface area contributed by atoms with Gasteiger partial charge in [-0.2, -0.15) is 0 Å². The molecule has 0 radical (unpaired) electrons. The topological polar surface area (TPSA) is 115 Å². The minimum atomic E-state index is -4.43. The Kier molecular flexibility index (Phi) is 7.10. The molecule has 0 spiro atoms. The second-order valence-electron chi connectivity index (χ2n) is 4.24. The highest BCUT2D eigenvalue weighted by Gasteiger charge is 2.31. The van der Waals surface area contributed by atoms with Crippen LogP contribution in [0.25, 0.3) is 0 Å². The first kappa shape index (κ1) is 20.9. The number of nitrogens with two attached hydrogens (primary N) is 1. The van der Waals surface area contributed by atoms with E-state index in [2.05, 4.69) is 0 Å². The third-order valence-corrected chi connectivity index (χ3v) is 4.40. The molecular formula is C10H13Cl2F2N3O4S. The third kappa shape index (κ3) is 4.99. The molecule has 7 nitrogen and oxygen atoms in total. The molecule has 22 heavy (non-hydrogen) atoms. The smallest absolute Gasteiger partial charge is 0.289 e. The van der Waals surface area contributed by atoms with Crippen LogP contribution in [0.3, 0.4) is 0 Å². The zero-order valence-corrected chi connectivity index (χ0v) is 13.6. The summed E-state index contributed by atoms with van der Waals surface area (Å²) in [5, 5.41) is 10.1. The number of nitro benzene ring substituents is 1. The molecule has 0 atom stereocenters. The SMILES string of the molecule is Cc1cc([N+](=O)[O-])c(Cl)c(S(=O)(=O)NCC(F)(F)CN)c1.Cl. The van der Waals surface area contributed by atoms with Crippen molar-refractivity contribution >= 4 is 39.7 Å². The van der Waals surface area contributed by atoms with Crippen molar-refractivity contribution in [3.05, 3.63) is 32.8 Å². The molecule has 0 aromatic heterocycles. The summed E-state index contributed by atoms with van der Waals surface area (Å²) >= 11 is 5.67. The second kappa shape index (κ2) is 7.47. The van der Waals surface area contributed by atoms with Gasteiger partial charge < -0.3 is 5.73 Å². The van der Waals surface area contributed by atoms with E-state index in [4.69, 9.17) is 17.3 Å². The molecular weight excluding hydrogens is 367 g/mol. The lowest BCUT2D eigenvalue weighted by Gasteiger charge is -2.15. The number of nitrogens with one attached hydrogen (secondary N) is 1. The predicted molar refractivity (Wildman–Crippen MR) is 79.3 cm³/mol. The van der Waals surface area contributed by atoms with Crippen molar-refractivity contribution in [1.82, 2.24) is 4.72 Å². The monoisotopic (exact) mass is 379 g/mol. The molecule has 0 amide bonds. The summed E-state index contributed by atoms with van der Waals surface area (Å²) in [6, 6.07) is 2.13. The van der Waals surface area contributed by atoms with Gasteiger partial charge in [0.05, 0.1) is 18.0 Å². The van der Waals surface area contributed by atoms with Crippen LogP contribution in [0.2, 0.25) is 5.02 Å². The molecule has 12 heteroatoms. The average Bonchev–Trinajstić information content (AvgIpc) is 2.38. The number of aryl methyl sites for hydroxylation is 1. The van der Waals surface area contributed by atoms with E-state index in [0.29, 0.717) is 0 Å². The van der Waals surface area contributed by atoms with E-state index in [9.17, 15) is 27.3 Å². The van der Waals surface area contributed by atoms with Gasteiger partial charge in [-0.3, -0.25) is 10.1 Å². The molecule has 1 aromatic rings. The van der Waals surface area contributed by atoms with Gasteiger partial charge in [-0.05, 0) is 18.6 Å². The summed E-state index contributed by atoms with van der Waals surface area (Å²) in [6.07, 6.45) is 0. The van der Waals surface area contributed by atoms with Crippen molar-refractivity contribution in [2.45, 2.75) is 17.7 Å². The molecule has 0 unspecified atom stereocenters. The number of nitro groups is 1. The predicted octanol–water partition coefficient (Wildman–Crippen LogP) is 1.85. The van der Waals surface area contributed by atoms with Gasteiger partial charge in [0.1, 0.15) is 9.92 Å². The van der Waals surface area contributed by atoms with Crippen LogP contribution in [0.4, 0.5) is 14.5 Å². The van der Waals surface area contributed by atoms with Crippen LogP contribution < -0.4 is 10.5 Å². The van der Waals surface area contributed by atoms with Crippen LogP contribution in [-0.2, 0) is 10.0 Å². The van der Waals surface area contributed by atoms with Gasteiger partial charge in [-0.15, -0.1) is 12.4 Å². The van der Waals surface area contributed by atoms with Crippen molar-refractivity contribution in [3.63, 3.8) is 0 Å². The molecule has 0 saturated carbocycles. The Morgan fingerprint density at radius 1 is 1.45 bits per heavy atom. The zero-order chi connectivity index (χ0) is 16.4. The van der Waals surface area contributed by atoms with Crippen molar-refractivity contribution in [2.75, 3.05) is 13.1 Å². The number of alkyl halides is 2. The Balaban J connectivity index is 0.00000441. The summed E-state index contributed by atoms with van der Waals surface area (Å²) in [7, 11) is -4.43. The van der Waals surface area contributed by atoms with Gasteiger partial charge in [-0.25, -0.2) is 21.9 Å². The first-order chi connectivity index (χ1) is 9.50. The lowest BCUT2D eigenvalue weighted by molar-refractivity contribution is -0.385. The molecule has 0 fully saturated rings. The molecule has 1 rings (SSSR count). The van der Waals surface area contributed by atoms with Crippen LogP contribution >= 0.6 is 24.0 Å². The Bertz CT molecular complexity index is 670. The summed E-state index contributed by atoms with van der Waals surface area (Å²) in [5.74, 6) is -3.44. The minimum absolute atomic E-state index is 0. The summed E-state index contributed by atoms with van der Waals surface area (Å²) in [6.45, 7) is -0.863. The van der Waals surface area contributed by atoms with Crippen LogP contribution in [0.1, 0.15) is 5.56 Å². The Morgan fingerprint density at radius 3 is 2.45 bits per heavy atom. The Morgan fingerprint density at radius 2 is 2.00 bits per heavy atom. The van der Waals surface area contributed by atoms with Crippen LogP contribution in [0, 0.1) is 17.0 Å². The zero-order valence-electron chi connectivity index (χ0n) is 11.2. The minimum Gasteiger partial charge on any atom is -0.325 e. The fraction of sp³-hybridized carbons (Fsp3) is 0.400. The Hall–Kier alpha value is -1.07. The van der Waals surface area contributed by atoms with Gasteiger partial charge in [-0.1, -0.05) is 11.6 Å². The molecule has 0 aliphatic heterocycles. The van der Waals surface area contributed by atoms with E-state index in [1.165, 1.54) is 6.92 Å². The summed E-state index contributed by atoms with van der Waals surface area (Å²) < 4.78 is 51.5. The number of rotatable bonds is 6. The molecule has 1 aromatic carbocycles. The van der Waals surface area contributed by atoms with Gasteiger partial charge in [0.25, 0.3) is 11.6 Å². The number of nitrogens with zero attached hydrogens (tertiary/aromatic N) is 1. The second-order valence-corrected chi connectivity index (χ2v) is 6.35. The lowest BCUT2D eigenvalue weighted by Crippen LogP contribution is -2.41. The van der Waals surface area contributed by atoms with Gasteiger partial charge in [0.15, 0.2) is 0 Å². The van der Waals surface area contributed by atoms with Crippen LogP contribution in [-0.4, -0.2) is 32.4 Å². The third-order valence-electron chi connectivity index (χ3n) is 2.47. The first-order valence-electron chi connectivity index (χ1n) is 5.52. The number of halogens is 4. The molecule has 0 saturated heterocycles. The van der Waals surface area contributed by atoms with Crippen molar-refractivity contribution in [1.29, 1.82) is 0 Å². The fourth-order valence-corrected chi connectivity index (χ4v) is 3.12. The van der Waals surface area contributed by atoms with E-state index in [1.807, 2.05) is 0 Å². The van der Waals surface area contributed by atoms with Crippen molar-refractivity contribution in [3.8, 4) is 0 Å². The average molecular weight is 380 g/mol. The first-order valence-corrected chi connectivity index (χ1v) is 7.38. The maximum Gasteiger partial charge on any atom is 0.289 e. The van der Waals surface area contributed by atoms with E-state index in [1.54, 1.807) is 4.72 Å². The lowest BCUT2D eigenvalue weighted by atomic mass is 10.2. The van der Waals surface area contributed by atoms with Crippen molar-refractivity contribution < 1.29 is 22.1 Å². The summed E-state index contributed by atoms with van der Waals surface area (Å²) in [4.78, 5) is 9.29. The van der Waals surface area contributed by atoms with Crippen molar-refractivity contribution in [2.24, 2.45) is 5.73 Å². The van der Waals surface area contributed by atoms with Crippen LogP contribution in [0.15, 0.2) is 17.0 Å². The Labute approximate surface area is 136 Å². The molecule has 0 heterocycles. The van der Waals surface area contributed by atoms with Gasteiger partial charge >= 0.3 is 0 Å². The highest BCUT2D eigenvalue weighted by molar-refractivity contribution is 7.89. The molecule has 3 N–H and O–H groups in total. The number of benzene rings is 1. The van der Waals surface area contributed by atoms with E-state index in [0.717, 1.165) is 12.1 Å². The fourth-order valence-electron chi connectivity index (χ4n) is 1.40. The summed E-state index contributed by atoms with van der Waals surface area (Å²) in [5.41, 5.74) is 4.42. The molecule has 0 aliphatic rings. The maximum absolute atomic E-state index is 13.0. The van der Waals surface area contributed by atoms with Crippen LogP contribution in [0.5, 0.6) is 0 Å². The molecule has 0 bridgehead atoms. The molecule has 126 valence electrons. The maximum atomic E-state index is 13.0. The highest BCUT2D eigenvalue weighted by atomic mass is 35.5. The molecule has 0 aliphatic carbocycles. The number of hydrogen-bond acceptors (Lipinski definition) is 5. The quantitative estimate of drug-likeness (QED) is 0.577. The largest absolute Gasteiger partial charge is 0.325 e. The standard InChI is InChI=1S/C10H12ClF2N3O4S.ClH/c1-6-2-7(16(17)18)9(11)8(3-6)21(19,20)15-5-10(12,13)4-14;/h2-3,15H,4-5,14H2,1H3;1H.